The average molecular weight is 147 g/mol. The van der Waals surface area contributed by atoms with Crippen LogP contribution in [0.2, 0.25) is 0 Å². The first-order valence-corrected chi connectivity index (χ1v) is 2.27. The maximum atomic E-state index is 8.65. The molecule has 9 heavy (non-hydrogen) atoms. The number of aromatic hydroxyl groups is 2. The lowest BCUT2D eigenvalue weighted by molar-refractivity contribution is 0.450. The minimum absolute atomic E-state index is 0. The monoisotopic (exact) mass is 146 g/mol. The fourth-order valence-electron chi connectivity index (χ4n) is 0.493. The molecule has 0 spiro atoms. The Kier molecular flexibility index (Phi) is 2.88. The van der Waals surface area contributed by atoms with E-state index in [-0.39, 0.29) is 23.9 Å². The van der Waals surface area contributed by atoms with Gasteiger partial charge in [0.25, 0.3) is 0 Å². The fraction of sp³-hybridized carbons (Fsp3) is 0. The quantitative estimate of drug-likeness (QED) is 0.583. The Morgan fingerprint density at radius 1 is 1.00 bits per heavy atom. The number of phenols is 2. The van der Waals surface area contributed by atoms with Gasteiger partial charge in [0.05, 0.1) is 0 Å². The van der Waals surface area contributed by atoms with E-state index in [0.717, 1.165) is 0 Å². The van der Waals surface area contributed by atoms with Gasteiger partial charge in [0.1, 0.15) is 11.5 Å². The predicted molar refractivity (Wildman–Crippen MR) is 37.0 cm³/mol. The molecule has 0 heterocycles. The second-order valence-electron chi connectivity index (χ2n) is 1.52. The Morgan fingerprint density at radius 3 is 1.67 bits per heavy atom. The van der Waals surface area contributed by atoms with Crippen LogP contribution in [-0.4, -0.2) is 10.2 Å². The summed E-state index contributed by atoms with van der Waals surface area (Å²) in [5, 5.41) is 17.3. The van der Waals surface area contributed by atoms with Crippen LogP contribution in [0.1, 0.15) is 0 Å². The molecule has 2 nitrogen and oxygen atoms in total. The third-order valence-corrected chi connectivity index (χ3v) is 0.830. The van der Waals surface area contributed by atoms with Gasteiger partial charge in [-0.05, 0) is 12.1 Å². The summed E-state index contributed by atoms with van der Waals surface area (Å²) in [6.45, 7) is 0. The minimum atomic E-state index is 0. The standard InChI is InChI=1S/C6H6O2.ClH/c7-5-2-1-3-6(8)4-5;/h1-4,7-8H;1H. The zero-order chi connectivity index (χ0) is 5.98. The van der Waals surface area contributed by atoms with Crippen LogP contribution in [0.25, 0.3) is 0 Å². The van der Waals surface area contributed by atoms with Gasteiger partial charge >= 0.3 is 0 Å². The number of halogens is 1. The second-order valence-corrected chi connectivity index (χ2v) is 1.52. The molecule has 1 aromatic carbocycles. The zero-order valence-electron chi connectivity index (χ0n) is 4.61. The van der Waals surface area contributed by atoms with Gasteiger partial charge in [-0.3, -0.25) is 0 Å². The molecule has 3 heteroatoms. The Labute approximate surface area is 59.2 Å². The van der Waals surface area contributed by atoms with Crippen molar-refractivity contribution in [2.24, 2.45) is 0 Å². The first kappa shape index (κ1) is 8.11. The molecule has 0 unspecified atom stereocenters. The predicted octanol–water partition coefficient (Wildman–Crippen LogP) is 1.52. The van der Waals surface area contributed by atoms with Gasteiger partial charge in [-0.15, -0.1) is 12.4 Å². The largest absolute Gasteiger partial charge is 0.508 e. The summed E-state index contributed by atoms with van der Waals surface area (Å²) in [7, 11) is 0. The summed E-state index contributed by atoms with van der Waals surface area (Å²) in [4.78, 5) is 0. The van der Waals surface area contributed by atoms with Gasteiger partial charge in [0.15, 0.2) is 0 Å². The molecule has 0 saturated carbocycles. The summed E-state index contributed by atoms with van der Waals surface area (Å²) >= 11 is 0. The van der Waals surface area contributed by atoms with Gasteiger partial charge in [0.2, 0.25) is 0 Å². The van der Waals surface area contributed by atoms with Crippen LogP contribution in [0, 0.1) is 0 Å². The van der Waals surface area contributed by atoms with Crippen LogP contribution >= 0.6 is 12.4 Å². The molecule has 0 bridgehead atoms. The first-order valence-electron chi connectivity index (χ1n) is 2.27. The molecule has 2 N–H and O–H groups in total. The maximum absolute atomic E-state index is 8.65. The lowest BCUT2D eigenvalue weighted by Crippen LogP contribution is -1.61. The van der Waals surface area contributed by atoms with Crippen LogP contribution < -0.4 is 0 Å². The smallest absolute Gasteiger partial charge is 0.119 e. The van der Waals surface area contributed by atoms with E-state index >= 15 is 0 Å². The van der Waals surface area contributed by atoms with Crippen LogP contribution in [0.5, 0.6) is 11.5 Å². The van der Waals surface area contributed by atoms with Gasteiger partial charge in [-0.2, -0.15) is 0 Å². The number of hydrogen-bond donors (Lipinski definition) is 2. The van der Waals surface area contributed by atoms with E-state index in [4.69, 9.17) is 10.2 Å². The fourth-order valence-corrected chi connectivity index (χ4v) is 0.493. The van der Waals surface area contributed by atoms with E-state index in [2.05, 4.69) is 0 Å². The van der Waals surface area contributed by atoms with E-state index < -0.39 is 0 Å². The Bertz CT molecular complexity index is 171. The minimum Gasteiger partial charge on any atom is -0.508 e. The van der Waals surface area contributed by atoms with Crippen molar-refractivity contribution in [3.63, 3.8) is 0 Å². The highest BCUT2D eigenvalue weighted by Crippen LogP contribution is 2.14. The Hall–Kier alpha value is -0.890. The molecule has 50 valence electrons. The summed E-state index contributed by atoms with van der Waals surface area (Å²) in [6.07, 6.45) is 0. The summed E-state index contributed by atoms with van der Waals surface area (Å²) in [6, 6.07) is 5.85. The number of phenolic OH excluding ortho intramolecular Hbond substituents is 2. The number of rotatable bonds is 0. The third kappa shape index (κ3) is 2.24. The van der Waals surface area contributed by atoms with E-state index in [9.17, 15) is 0 Å². The topological polar surface area (TPSA) is 40.5 Å². The molecule has 0 fully saturated rings. The molecule has 0 aromatic heterocycles. The molecule has 0 radical (unpaired) electrons. The Morgan fingerprint density at radius 2 is 1.44 bits per heavy atom. The van der Waals surface area contributed by atoms with Crippen molar-refractivity contribution in [1.82, 2.24) is 0 Å². The van der Waals surface area contributed by atoms with Gasteiger partial charge in [-0.25, -0.2) is 0 Å². The van der Waals surface area contributed by atoms with Crippen molar-refractivity contribution in [3.8, 4) is 11.5 Å². The van der Waals surface area contributed by atoms with Gasteiger partial charge in [0, 0.05) is 6.07 Å². The molecule has 0 aliphatic heterocycles. The van der Waals surface area contributed by atoms with Crippen molar-refractivity contribution in [1.29, 1.82) is 0 Å². The third-order valence-electron chi connectivity index (χ3n) is 0.830. The second kappa shape index (κ2) is 3.20. The van der Waals surface area contributed by atoms with Crippen LogP contribution in [0.15, 0.2) is 24.3 Å². The summed E-state index contributed by atoms with van der Waals surface area (Å²) in [5.74, 6) is 0.176. The zero-order valence-corrected chi connectivity index (χ0v) is 5.43. The molecule has 0 aliphatic carbocycles. The highest BCUT2D eigenvalue weighted by molar-refractivity contribution is 5.85. The lowest BCUT2D eigenvalue weighted by Gasteiger charge is -1.89. The normalized spacial score (nSPS) is 8.00. The van der Waals surface area contributed by atoms with Crippen molar-refractivity contribution >= 4 is 12.4 Å². The molecular weight excluding hydrogens is 140 g/mol. The molecule has 0 atom stereocenters. The van der Waals surface area contributed by atoms with Crippen molar-refractivity contribution < 1.29 is 10.2 Å². The lowest BCUT2D eigenvalue weighted by atomic mass is 10.3. The highest BCUT2D eigenvalue weighted by Gasteiger charge is 1.85. The van der Waals surface area contributed by atoms with Crippen molar-refractivity contribution in [2.45, 2.75) is 0 Å². The van der Waals surface area contributed by atoms with E-state index in [1.165, 1.54) is 18.2 Å². The average Bonchev–Trinajstić information content (AvgIpc) is 1.64. The number of hydrogen-bond acceptors (Lipinski definition) is 2. The molecule has 0 saturated heterocycles. The highest BCUT2D eigenvalue weighted by atomic mass is 35.5. The van der Waals surface area contributed by atoms with Crippen molar-refractivity contribution in [3.05, 3.63) is 24.3 Å². The van der Waals surface area contributed by atoms with Crippen molar-refractivity contribution in [2.75, 3.05) is 0 Å². The van der Waals surface area contributed by atoms with Crippen LogP contribution in [0.3, 0.4) is 0 Å². The van der Waals surface area contributed by atoms with E-state index in [1.807, 2.05) is 0 Å². The first-order chi connectivity index (χ1) is 3.79. The summed E-state index contributed by atoms with van der Waals surface area (Å²) < 4.78 is 0. The maximum Gasteiger partial charge on any atom is 0.119 e. The van der Waals surface area contributed by atoms with E-state index in [1.54, 1.807) is 6.07 Å². The molecule has 1 rings (SSSR count). The number of benzene rings is 1. The summed E-state index contributed by atoms with van der Waals surface area (Å²) in [5.41, 5.74) is 0. The SMILES string of the molecule is Cl.Oc1cccc(O)c1. The molecule has 1 aromatic rings. The van der Waals surface area contributed by atoms with E-state index in [0.29, 0.717) is 0 Å². The van der Waals surface area contributed by atoms with Crippen LogP contribution in [0.4, 0.5) is 0 Å². The van der Waals surface area contributed by atoms with Gasteiger partial charge < -0.3 is 10.2 Å². The van der Waals surface area contributed by atoms with Gasteiger partial charge in [-0.1, -0.05) is 6.07 Å². The van der Waals surface area contributed by atoms with Crippen LogP contribution in [-0.2, 0) is 0 Å². The molecular formula is C6H7ClO2. The Balaban J connectivity index is 0.000000640. The molecule has 0 aliphatic rings. The molecule has 0 amide bonds.